The molecule has 1 amide bonds. The number of pyridine rings is 1. The maximum absolute atomic E-state index is 13.5. The number of nitrogens with one attached hydrogen (secondary N) is 1. The first kappa shape index (κ1) is 25.5. The molecule has 4 rings (SSSR count). The van der Waals surface area contributed by atoms with Crippen LogP contribution in [0.1, 0.15) is 30.4 Å². The summed E-state index contributed by atoms with van der Waals surface area (Å²) >= 11 is 0. The molecule has 0 saturated carbocycles. The fraction of sp³-hybridized carbons (Fsp3) is 0.450. The van der Waals surface area contributed by atoms with Crippen molar-refractivity contribution in [2.75, 3.05) is 18.1 Å². The van der Waals surface area contributed by atoms with Gasteiger partial charge in [-0.05, 0) is 19.8 Å². The number of alkyl halides is 3. The van der Waals surface area contributed by atoms with E-state index < -0.39 is 51.5 Å². The van der Waals surface area contributed by atoms with Crippen molar-refractivity contribution in [2.24, 2.45) is 7.05 Å². The lowest BCUT2D eigenvalue weighted by Gasteiger charge is -2.34. The first-order valence-corrected chi connectivity index (χ1v) is 12.3. The zero-order valence-corrected chi connectivity index (χ0v) is 19.8. The molecule has 3 aromatic rings. The lowest BCUT2D eigenvalue weighted by Crippen LogP contribution is -2.51. The van der Waals surface area contributed by atoms with E-state index in [0.717, 1.165) is 6.20 Å². The topological polar surface area (TPSA) is 138 Å². The number of sulfone groups is 1. The molecule has 11 nitrogen and oxygen atoms in total. The highest BCUT2D eigenvalue weighted by atomic mass is 32.2. The molecule has 16 heteroatoms. The summed E-state index contributed by atoms with van der Waals surface area (Å²) in [5.74, 6) is -2.70. The Balaban J connectivity index is 1.55. The average molecular weight is 532 g/mol. The van der Waals surface area contributed by atoms with Crippen LogP contribution in [0.15, 0.2) is 18.5 Å². The normalized spacial score (nSPS) is 17.1. The van der Waals surface area contributed by atoms with Gasteiger partial charge >= 0.3 is 12.2 Å². The van der Waals surface area contributed by atoms with Gasteiger partial charge in [-0.3, -0.25) is 4.79 Å². The summed E-state index contributed by atoms with van der Waals surface area (Å²) in [7, 11) is -1.62. The Hall–Kier alpha value is -3.56. The minimum Gasteiger partial charge on any atom is -0.478 e. The Labute approximate surface area is 201 Å². The van der Waals surface area contributed by atoms with Gasteiger partial charge in [0.05, 0.1) is 23.9 Å². The monoisotopic (exact) mass is 532 g/mol. The van der Waals surface area contributed by atoms with Crippen LogP contribution < -0.4 is 14.8 Å². The fourth-order valence-corrected chi connectivity index (χ4v) is 5.22. The van der Waals surface area contributed by atoms with E-state index in [0.29, 0.717) is 6.07 Å². The smallest absolute Gasteiger partial charge is 0.422 e. The zero-order chi connectivity index (χ0) is 26.3. The van der Waals surface area contributed by atoms with Crippen LogP contribution >= 0.6 is 0 Å². The Kier molecular flexibility index (Phi) is 6.49. The first-order chi connectivity index (χ1) is 16.7. The second-order valence-electron chi connectivity index (χ2n) is 8.49. The van der Waals surface area contributed by atoms with Gasteiger partial charge < -0.3 is 19.4 Å². The summed E-state index contributed by atoms with van der Waals surface area (Å²) < 4.78 is 85.7. The van der Waals surface area contributed by atoms with Crippen molar-refractivity contribution in [3.63, 3.8) is 0 Å². The number of aryl methyl sites for hydroxylation is 1. The molecular weight excluding hydrogens is 512 g/mol. The molecule has 1 aliphatic heterocycles. The van der Waals surface area contributed by atoms with Gasteiger partial charge in [0, 0.05) is 18.7 Å². The van der Waals surface area contributed by atoms with E-state index in [1.807, 2.05) is 0 Å². The number of nitrogens with zero attached hydrogens (tertiary/aromatic N) is 5. The number of fused-ring (bicyclic) bond motifs is 1. The lowest BCUT2D eigenvalue weighted by molar-refractivity contribution is -0.153. The van der Waals surface area contributed by atoms with Gasteiger partial charge in [-0.2, -0.15) is 18.2 Å². The zero-order valence-electron chi connectivity index (χ0n) is 19.0. The van der Waals surface area contributed by atoms with E-state index in [1.165, 1.54) is 17.8 Å². The number of amides is 1. The Morgan fingerprint density at radius 1 is 1.19 bits per heavy atom. The number of carbonyl (C=O) groups excluding carboxylic acids is 1. The quantitative estimate of drug-likeness (QED) is 0.474. The Morgan fingerprint density at radius 3 is 2.56 bits per heavy atom. The van der Waals surface area contributed by atoms with Crippen molar-refractivity contribution in [1.29, 1.82) is 0 Å². The SMILES string of the molecule is Cn1c(C(=O)NC2(C)CCS(=O)(=O)CC2)nc2cnc(Oc3ncc(F)cc3OCC(F)(F)F)nc21. The van der Waals surface area contributed by atoms with Crippen LogP contribution in [0.3, 0.4) is 0 Å². The molecule has 0 aliphatic carbocycles. The van der Waals surface area contributed by atoms with E-state index >= 15 is 0 Å². The van der Waals surface area contributed by atoms with Crippen LogP contribution in [0.2, 0.25) is 0 Å². The van der Waals surface area contributed by atoms with E-state index in [1.54, 1.807) is 6.92 Å². The van der Waals surface area contributed by atoms with Gasteiger partial charge in [0.15, 0.2) is 18.0 Å². The van der Waals surface area contributed by atoms with E-state index in [-0.39, 0.29) is 47.3 Å². The molecule has 0 unspecified atom stereocenters. The average Bonchev–Trinajstić information content (AvgIpc) is 3.12. The summed E-state index contributed by atoms with van der Waals surface area (Å²) in [6, 6.07) is 0.314. The standard InChI is InChI=1S/C20H20F4N6O5S/c1-19(3-5-36(32,33)6-4-19)29-16(31)15-27-12-9-26-18(28-14(12)30(15)2)35-17-13(7-11(21)8-25-17)34-10-20(22,23)24/h7-9H,3-6,10H2,1-2H3,(H,29,31). The van der Waals surface area contributed by atoms with Crippen molar-refractivity contribution in [3.05, 3.63) is 30.1 Å². The summed E-state index contributed by atoms with van der Waals surface area (Å²) in [6.07, 6.45) is -2.22. The molecule has 0 aromatic carbocycles. The number of hydrogen-bond acceptors (Lipinski definition) is 9. The fourth-order valence-electron chi connectivity index (χ4n) is 3.50. The number of aromatic nitrogens is 5. The highest BCUT2D eigenvalue weighted by Gasteiger charge is 2.35. The molecular formula is C20H20F4N6O5S. The number of halogens is 4. The minimum absolute atomic E-state index is 0.0276. The molecule has 0 radical (unpaired) electrons. The second-order valence-corrected chi connectivity index (χ2v) is 10.8. The predicted molar refractivity (Wildman–Crippen MR) is 116 cm³/mol. The van der Waals surface area contributed by atoms with Gasteiger partial charge in [0.25, 0.3) is 11.8 Å². The van der Waals surface area contributed by atoms with Crippen LogP contribution in [-0.4, -0.2) is 68.7 Å². The number of rotatable bonds is 6. The van der Waals surface area contributed by atoms with Crippen LogP contribution in [0.25, 0.3) is 11.2 Å². The van der Waals surface area contributed by atoms with Crippen molar-refractivity contribution < 1.29 is 40.2 Å². The molecule has 1 saturated heterocycles. The molecule has 3 aromatic heterocycles. The van der Waals surface area contributed by atoms with Gasteiger partial charge in [0.2, 0.25) is 5.82 Å². The highest BCUT2D eigenvalue weighted by Crippen LogP contribution is 2.30. The van der Waals surface area contributed by atoms with Crippen LogP contribution in [0.4, 0.5) is 17.6 Å². The van der Waals surface area contributed by atoms with E-state index in [4.69, 9.17) is 4.74 Å². The maximum atomic E-state index is 13.5. The largest absolute Gasteiger partial charge is 0.478 e. The molecule has 1 aliphatic rings. The van der Waals surface area contributed by atoms with Crippen LogP contribution in [-0.2, 0) is 16.9 Å². The molecule has 1 N–H and O–H groups in total. The molecule has 194 valence electrons. The van der Waals surface area contributed by atoms with Gasteiger partial charge in [0.1, 0.15) is 21.2 Å². The lowest BCUT2D eigenvalue weighted by atomic mass is 9.95. The van der Waals surface area contributed by atoms with Crippen LogP contribution in [0, 0.1) is 5.82 Å². The number of imidazole rings is 1. The highest BCUT2D eigenvalue weighted by molar-refractivity contribution is 7.91. The van der Waals surface area contributed by atoms with E-state index in [9.17, 15) is 30.8 Å². The number of hydrogen-bond donors (Lipinski definition) is 1. The van der Waals surface area contributed by atoms with Crippen LogP contribution in [0.5, 0.6) is 17.6 Å². The molecule has 0 spiro atoms. The Morgan fingerprint density at radius 2 is 1.89 bits per heavy atom. The third kappa shape index (κ3) is 5.80. The summed E-state index contributed by atoms with van der Waals surface area (Å²) in [5.41, 5.74) is -0.366. The minimum atomic E-state index is -4.67. The number of carbonyl (C=O) groups is 1. The molecule has 0 bridgehead atoms. The Bertz CT molecular complexity index is 1410. The van der Waals surface area contributed by atoms with Gasteiger partial charge in [-0.15, -0.1) is 0 Å². The predicted octanol–water partition coefficient (Wildman–Crippen LogP) is 2.33. The molecule has 4 heterocycles. The number of ether oxygens (including phenoxy) is 2. The maximum Gasteiger partial charge on any atom is 0.422 e. The van der Waals surface area contributed by atoms with Crippen molar-refractivity contribution in [3.8, 4) is 17.6 Å². The van der Waals surface area contributed by atoms with Crippen molar-refractivity contribution in [1.82, 2.24) is 29.8 Å². The molecule has 0 atom stereocenters. The summed E-state index contributed by atoms with van der Waals surface area (Å²) in [5, 5.41) is 2.82. The molecule has 1 fully saturated rings. The summed E-state index contributed by atoms with van der Waals surface area (Å²) in [6.45, 7) is 0.0571. The summed E-state index contributed by atoms with van der Waals surface area (Å²) in [4.78, 5) is 28.7. The third-order valence-corrected chi connectivity index (χ3v) is 7.15. The van der Waals surface area contributed by atoms with Crippen molar-refractivity contribution >= 4 is 26.9 Å². The van der Waals surface area contributed by atoms with E-state index in [2.05, 4.69) is 30.0 Å². The van der Waals surface area contributed by atoms with Gasteiger partial charge in [-0.25, -0.2) is 27.8 Å². The molecule has 36 heavy (non-hydrogen) atoms. The first-order valence-electron chi connectivity index (χ1n) is 10.5. The van der Waals surface area contributed by atoms with Gasteiger partial charge in [-0.1, -0.05) is 0 Å². The second kappa shape index (κ2) is 9.15. The van der Waals surface area contributed by atoms with Crippen molar-refractivity contribution in [2.45, 2.75) is 31.5 Å². The third-order valence-electron chi connectivity index (χ3n) is 5.50.